The van der Waals surface area contributed by atoms with E-state index < -0.39 is 0 Å². The maximum absolute atomic E-state index is 8.00. The van der Waals surface area contributed by atoms with Crippen molar-refractivity contribution in [2.75, 3.05) is 0 Å². The summed E-state index contributed by atoms with van der Waals surface area (Å²) >= 11 is 6.93. The van der Waals surface area contributed by atoms with E-state index in [1.54, 1.807) is 0 Å². The number of rotatable bonds is 4. The number of alkyl halides is 2. The first-order chi connectivity index (χ1) is 14.8. The molecule has 0 aliphatic rings. The molecule has 30 heavy (non-hydrogen) atoms. The molecular weight excluding hydrogens is 500 g/mol. The Hall–Kier alpha value is -2.49. The van der Waals surface area contributed by atoms with Crippen LogP contribution in [0.1, 0.15) is 11.1 Å². The standard InChI is InChI=1S/2C13H11Br.CH2O/c2*14-10-11-5-4-8-13(9-11)12-6-2-1-3-7-12;1-2/h2*1-9H,10H2;1H2. The monoisotopic (exact) mass is 522 g/mol. The Morgan fingerprint density at radius 2 is 0.800 bits per heavy atom. The molecule has 0 fully saturated rings. The second-order valence-electron chi connectivity index (χ2n) is 6.40. The third-order valence-corrected chi connectivity index (χ3v) is 5.67. The summed E-state index contributed by atoms with van der Waals surface area (Å²) in [5.41, 5.74) is 7.73. The minimum absolute atomic E-state index is 0.910. The summed E-state index contributed by atoms with van der Waals surface area (Å²) in [6.45, 7) is 2.00. The molecule has 4 aromatic rings. The van der Waals surface area contributed by atoms with Crippen molar-refractivity contribution in [1.82, 2.24) is 0 Å². The summed E-state index contributed by atoms with van der Waals surface area (Å²) in [7, 11) is 0. The van der Waals surface area contributed by atoms with Gasteiger partial charge in [-0.15, -0.1) is 0 Å². The minimum atomic E-state index is 0.910. The van der Waals surface area contributed by atoms with Crippen molar-refractivity contribution in [3.05, 3.63) is 120 Å². The Balaban J connectivity index is 0.000000197. The molecule has 0 saturated carbocycles. The lowest BCUT2D eigenvalue weighted by Gasteiger charge is -2.02. The Kier molecular flexibility index (Phi) is 10.8. The molecule has 152 valence electrons. The highest BCUT2D eigenvalue weighted by atomic mass is 79.9. The highest BCUT2D eigenvalue weighted by Gasteiger charge is 1.97. The van der Waals surface area contributed by atoms with Gasteiger partial charge in [-0.1, -0.05) is 141 Å². The summed E-state index contributed by atoms with van der Waals surface area (Å²) in [6, 6.07) is 38.0. The third kappa shape index (κ3) is 7.40. The molecule has 0 aliphatic heterocycles. The zero-order chi connectivity index (χ0) is 21.6. The second kappa shape index (κ2) is 13.7. The van der Waals surface area contributed by atoms with Gasteiger partial charge in [0.25, 0.3) is 0 Å². The molecule has 0 aromatic heterocycles. The molecule has 1 nitrogen and oxygen atoms in total. The molecule has 3 heteroatoms. The van der Waals surface area contributed by atoms with Gasteiger partial charge < -0.3 is 4.79 Å². The molecule has 0 unspecified atom stereocenters. The Bertz CT molecular complexity index is 918. The van der Waals surface area contributed by atoms with Crippen LogP contribution in [0.15, 0.2) is 109 Å². The first kappa shape index (κ1) is 23.8. The molecule has 0 saturated heterocycles. The van der Waals surface area contributed by atoms with E-state index in [1.807, 2.05) is 18.9 Å². The molecule has 0 bridgehead atoms. The van der Waals surface area contributed by atoms with E-state index in [1.165, 1.54) is 33.4 Å². The van der Waals surface area contributed by atoms with Gasteiger partial charge in [-0.25, -0.2) is 0 Å². The topological polar surface area (TPSA) is 17.1 Å². The summed E-state index contributed by atoms with van der Waals surface area (Å²) in [4.78, 5) is 8.00. The lowest BCUT2D eigenvalue weighted by atomic mass is 10.0. The summed E-state index contributed by atoms with van der Waals surface area (Å²) in [6.07, 6.45) is 0. The van der Waals surface area contributed by atoms with Crippen molar-refractivity contribution in [2.24, 2.45) is 0 Å². The van der Waals surface area contributed by atoms with Gasteiger partial charge in [0, 0.05) is 10.7 Å². The molecule has 4 rings (SSSR count). The fourth-order valence-corrected chi connectivity index (χ4v) is 3.63. The van der Waals surface area contributed by atoms with E-state index in [9.17, 15) is 0 Å². The van der Waals surface area contributed by atoms with Crippen LogP contribution in [0.4, 0.5) is 0 Å². The van der Waals surface area contributed by atoms with E-state index in [0.29, 0.717) is 0 Å². The number of hydrogen-bond acceptors (Lipinski definition) is 1. The van der Waals surface area contributed by atoms with E-state index in [-0.39, 0.29) is 0 Å². The highest BCUT2D eigenvalue weighted by Crippen LogP contribution is 2.21. The number of hydrogen-bond donors (Lipinski definition) is 0. The average Bonchev–Trinajstić information content (AvgIpc) is 2.87. The fourth-order valence-electron chi connectivity index (χ4n) is 2.93. The molecule has 0 amide bonds. The Labute approximate surface area is 196 Å². The maximum atomic E-state index is 8.00. The normalized spacial score (nSPS) is 9.53. The van der Waals surface area contributed by atoms with Gasteiger partial charge in [-0.2, -0.15) is 0 Å². The summed E-state index contributed by atoms with van der Waals surface area (Å²) in [5.74, 6) is 0. The van der Waals surface area contributed by atoms with Crippen LogP contribution in [0.2, 0.25) is 0 Å². The first-order valence-corrected chi connectivity index (χ1v) is 11.7. The SMILES string of the molecule is BrCc1cccc(-c2ccccc2)c1.BrCc1cccc(-c2ccccc2)c1.C=O. The highest BCUT2D eigenvalue weighted by molar-refractivity contribution is 9.08. The third-order valence-electron chi connectivity index (χ3n) is 4.38. The van der Waals surface area contributed by atoms with Crippen molar-refractivity contribution in [2.45, 2.75) is 10.7 Å². The maximum Gasteiger partial charge on any atom is 0.106 e. The van der Waals surface area contributed by atoms with Crippen molar-refractivity contribution < 1.29 is 4.79 Å². The second-order valence-corrected chi connectivity index (χ2v) is 7.52. The molecule has 0 radical (unpaired) electrons. The zero-order valence-corrected chi connectivity index (χ0v) is 19.8. The predicted molar refractivity (Wildman–Crippen MR) is 136 cm³/mol. The largest absolute Gasteiger partial charge is 0.307 e. The van der Waals surface area contributed by atoms with Crippen LogP contribution in [0.3, 0.4) is 0 Å². The van der Waals surface area contributed by atoms with Gasteiger partial charge in [0.1, 0.15) is 6.79 Å². The van der Waals surface area contributed by atoms with Crippen LogP contribution in [0.5, 0.6) is 0 Å². The van der Waals surface area contributed by atoms with Crippen LogP contribution < -0.4 is 0 Å². The van der Waals surface area contributed by atoms with Crippen LogP contribution in [0, 0.1) is 0 Å². The average molecular weight is 524 g/mol. The van der Waals surface area contributed by atoms with Gasteiger partial charge in [-0.3, -0.25) is 0 Å². The quantitative estimate of drug-likeness (QED) is 0.246. The van der Waals surface area contributed by atoms with E-state index in [2.05, 4.69) is 129 Å². The predicted octanol–water partition coefficient (Wildman–Crippen LogP) is 8.31. The molecule has 0 aliphatic carbocycles. The Morgan fingerprint density at radius 1 is 0.467 bits per heavy atom. The summed E-state index contributed by atoms with van der Waals surface area (Å²) in [5, 5.41) is 1.82. The lowest BCUT2D eigenvalue weighted by molar-refractivity contribution is -0.0979. The molecular formula is C27H24Br2O. The van der Waals surface area contributed by atoms with Gasteiger partial charge >= 0.3 is 0 Å². The number of benzene rings is 4. The van der Waals surface area contributed by atoms with Crippen molar-refractivity contribution in [3.63, 3.8) is 0 Å². The lowest BCUT2D eigenvalue weighted by Crippen LogP contribution is -1.80. The molecule has 0 atom stereocenters. The molecule has 0 N–H and O–H groups in total. The number of carbonyl (C=O) groups is 1. The van der Waals surface area contributed by atoms with Gasteiger partial charge in [0.2, 0.25) is 0 Å². The Morgan fingerprint density at radius 3 is 1.13 bits per heavy atom. The van der Waals surface area contributed by atoms with Crippen LogP contribution in [-0.4, -0.2) is 6.79 Å². The number of carbonyl (C=O) groups excluding carboxylic acids is 1. The van der Waals surface area contributed by atoms with Crippen molar-refractivity contribution >= 4 is 38.6 Å². The van der Waals surface area contributed by atoms with Gasteiger partial charge in [0.05, 0.1) is 0 Å². The van der Waals surface area contributed by atoms with E-state index in [0.717, 1.165) is 10.7 Å². The number of halogens is 2. The van der Waals surface area contributed by atoms with Crippen LogP contribution in [-0.2, 0) is 15.5 Å². The zero-order valence-electron chi connectivity index (χ0n) is 16.7. The van der Waals surface area contributed by atoms with E-state index >= 15 is 0 Å². The summed E-state index contributed by atoms with van der Waals surface area (Å²) < 4.78 is 0. The molecule has 0 heterocycles. The molecule has 0 spiro atoms. The van der Waals surface area contributed by atoms with E-state index in [4.69, 9.17) is 4.79 Å². The minimum Gasteiger partial charge on any atom is -0.307 e. The van der Waals surface area contributed by atoms with Crippen molar-refractivity contribution in [3.8, 4) is 22.3 Å². The van der Waals surface area contributed by atoms with Gasteiger partial charge in [0.15, 0.2) is 0 Å². The van der Waals surface area contributed by atoms with Crippen LogP contribution in [0.25, 0.3) is 22.3 Å². The van der Waals surface area contributed by atoms with Crippen LogP contribution >= 0.6 is 31.9 Å². The molecule has 4 aromatic carbocycles. The van der Waals surface area contributed by atoms with Gasteiger partial charge in [-0.05, 0) is 33.4 Å². The fraction of sp³-hybridized carbons (Fsp3) is 0.0741. The smallest absolute Gasteiger partial charge is 0.106 e. The van der Waals surface area contributed by atoms with Crippen molar-refractivity contribution in [1.29, 1.82) is 0 Å². The first-order valence-electron chi connectivity index (χ1n) is 9.49.